The van der Waals surface area contributed by atoms with Gasteiger partial charge in [0, 0.05) is 17.3 Å². The molecule has 0 aliphatic heterocycles. The first kappa shape index (κ1) is 15.6. The number of hydrogen-bond donors (Lipinski definition) is 1. The number of sulfonamides is 1. The maximum absolute atomic E-state index is 12.4. The van der Waals surface area contributed by atoms with Crippen molar-refractivity contribution in [2.75, 3.05) is 13.6 Å². The fourth-order valence-corrected chi connectivity index (χ4v) is 5.05. The summed E-state index contributed by atoms with van der Waals surface area (Å²) in [5, 5.41) is 2.82. The van der Waals surface area contributed by atoms with Crippen LogP contribution in [0.5, 0.6) is 0 Å². The number of nitrogens with two attached hydrogens (primary N) is 1. The second-order valence-electron chi connectivity index (χ2n) is 4.38. The summed E-state index contributed by atoms with van der Waals surface area (Å²) in [5.74, 6) is 0. The van der Waals surface area contributed by atoms with E-state index in [9.17, 15) is 8.42 Å². The molecule has 0 aromatic carbocycles. The molecule has 110 valence electrons. The number of hydrogen-bond acceptors (Lipinski definition) is 6. The van der Waals surface area contributed by atoms with E-state index in [0.29, 0.717) is 17.2 Å². The molecule has 0 fully saturated rings. The van der Waals surface area contributed by atoms with Gasteiger partial charge in [-0.2, -0.15) is 4.31 Å². The standard InChI is InChI=1S/C12H17N3O2S3/c1-9-14-10(8-18-9)7-15(2)20(16,17)12-4-3-11(19-12)5-6-13/h3-4,8H,5-7,13H2,1-2H3. The zero-order chi connectivity index (χ0) is 14.8. The van der Waals surface area contributed by atoms with Crippen molar-refractivity contribution in [2.45, 2.75) is 24.1 Å². The molecule has 0 saturated carbocycles. The third-order valence-corrected chi connectivity index (χ3v) is 6.98. The molecule has 2 N–H and O–H groups in total. The molecule has 0 saturated heterocycles. The zero-order valence-corrected chi connectivity index (χ0v) is 13.8. The lowest BCUT2D eigenvalue weighted by atomic mass is 10.3. The maximum Gasteiger partial charge on any atom is 0.252 e. The van der Waals surface area contributed by atoms with E-state index >= 15 is 0 Å². The average Bonchev–Trinajstić information content (AvgIpc) is 2.99. The summed E-state index contributed by atoms with van der Waals surface area (Å²) in [6, 6.07) is 3.47. The molecule has 20 heavy (non-hydrogen) atoms. The molecule has 0 radical (unpaired) electrons. The molecule has 0 bridgehead atoms. The topological polar surface area (TPSA) is 76.3 Å². The van der Waals surface area contributed by atoms with E-state index in [0.717, 1.165) is 15.6 Å². The van der Waals surface area contributed by atoms with Crippen molar-refractivity contribution in [3.8, 4) is 0 Å². The van der Waals surface area contributed by atoms with E-state index in [-0.39, 0.29) is 6.54 Å². The van der Waals surface area contributed by atoms with Crippen LogP contribution in [0.3, 0.4) is 0 Å². The molecule has 8 heteroatoms. The van der Waals surface area contributed by atoms with Gasteiger partial charge in [0.1, 0.15) is 4.21 Å². The average molecular weight is 331 g/mol. The van der Waals surface area contributed by atoms with Gasteiger partial charge < -0.3 is 5.73 Å². The van der Waals surface area contributed by atoms with Crippen molar-refractivity contribution in [2.24, 2.45) is 5.73 Å². The molecule has 2 rings (SSSR count). The zero-order valence-electron chi connectivity index (χ0n) is 11.4. The minimum atomic E-state index is -3.45. The van der Waals surface area contributed by atoms with Crippen LogP contribution in [0.4, 0.5) is 0 Å². The molecule has 0 amide bonds. The van der Waals surface area contributed by atoms with E-state index in [4.69, 9.17) is 5.73 Å². The van der Waals surface area contributed by atoms with Gasteiger partial charge in [0.05, 0.1) is 17.2 Å². The first-order valence-corrected chi connectivity index (χ1v) is 9.23. The van der Waals surface area contributed by atoms with E-state index in [1.165, 1.54) is 27.0 Å². The monoisotopic (exact) mass is 331 g/mol. The summed E-state index contributed by atoms with van der Waals surface area (Å²) in [5.41, 5.74) is 6.26. The predicted molar refractivity (Wildman–Crippen MR) is 82.6 cm³/mol. The number of thiazole rings is 1. The second-order valence-corrected chi connectivity index (χ2v) is 8.88. The van der Waals surface area contributed by atoms with Crippen molar-refractivity contribution in [3.63, 3.8) is 0 Å². The fourth-order valence-electron chi connectivity index (χ4n) is 1.72. The van der Waals surface area contributed by atoms with Crippen molar-refractivity contribution in [3.05, 3.63) is 33.1 Å². The van der Waals surface area contributed by atoms with Crippen LogP contribution in [0.25, 0.3) is 0 Å². The van der Waals surface area contributed by atoms with Gasteiger partial charge in [-0.25, -0.2) is 13.4 Å². The van der Waals surface area contributed by atoms with Gasteiger partial charge >= 0.3 is 0 Å². The number of thiophene rings is 1. The van der Waals surface area contributed by atoms with Gasteiger partial charge in [0.2, 0.25) is 0 Å². The Morgan fingerprint density at radius 1 is 1.40 bits per heavy atom. The SMILES string of the molecule is Cc1nc(CN(C)S(=O)(=O)c2ccc(CCN)s2)cs1. The summed E-state index contributed by atoms with van der Waals surface area (Å²) in [6.07, 6.45) is 0.704. The minimum Gasteiger partial charge on any atom is -0.330 e. The Morgan fingerprint density at radius 2 is 2.15 bits per heavy atom. The minimum absolute atomic E-state index is 0.288. The first-order valence-electron chi connectivity index (χ1n) is 6.09. The highest BCUT2D eigenvalue weighted by Gasteiger charge is 2.23. The van der Waals surface area contributed by atoms with Crippen LogP contribution in [0.2, 0.25) is 0 Å². The Morgan fingerprint density at radius 3 is 2.75 bits per heavy atom. The molecule has 0 aliphatic rings. The van der Waals surface area contributed by atoms with Gasteiger partial charge in [-0.3, -0.25) is 0 Å². The molecular formula is C12H17N3O2S3. The molecule has 0 unspecified atom stereocenters. The van der Waals surface area contributed by atoms with Crippen LogP contribution in [-0.4, -0.2) is 31.3 Å². The van der Waals surface area contributed by atoms with Gasteiger partial charge in [0.15, 0.2) is 0 Å². The highest BCUT2D eigenvalue weighted by molar-refractivity contribution is 7.91. The number of nitrogens with zero attached hydrogens (tertiary/aromatic N) is 2. The summed E-state index contributed by atoms with van der Waals surface area (Å²) in [7, 11) is -1.87. The van der Waals surface area contributed by atoms with Crippen molar-refractivity contribution >= 4 is 32.7 Å². The lowest BCUT2D eigenvalue weighted by Crippen LogP contribution is -2.25. The normalized spacial score (nSPS) is 12.2. The van der Waals surface area contributed by atoms with Gasteiger partial charge in [-0.15, -0.1) is 22.7 Å². The Hall–Kier alpha value is -0.800. The lowest BCUT2D eigenvalue weighted by Gasteiger charge is -2.14. The predicted octanol–water partition coefficient (Wildman–Crippen LogP) is 1.83. The van der Waals surface area contributed by atoms with E-state index < -0.39 is 10.0 Å². The quantitative estimate of drug-likeness (QED) is 0.876. The smallest absolute Gasteiger partial charge is 0.252 e. The summed E-state index contributed by atoms with van der Waals surface area (Å²) in [6.45, 7) is 2.71. The van der Waals surface area contributed by atoms with Crippen LogP contribution >= 0.6 is 22.7 Å². The molecule has 2 aromatic rings. The number of aryl methyl sites for hydroxylation is 1. The van der Waals surface area contributed by atoms with Crippen LogP contribution < -0.4 is 5.73 Å². The van der Waals surface area contributed by atoms with E-state index in [1.54, 1.807) is 13.1 Å². The lowest BCUT2D eigenvalue weighted by molar-refractivity contribution is 0.464. The molecule has 2 heterocycles. The Bertz CT molecular complexity index is 676. The van der Waals surface area contributed by atoms with E-state index in [2.05, 4.69) is 4.98 Å². The fraction of sp³-hybridized carbons (Fsp3) is 0.417. The molecule has 0 spiro atoms. The first-order chi connectivity index (χ1) is 9.43. The molecule has 2 aromatic heterocycles. The number of rotatable bonds is 6. The molecular weight excluding hydrogens is 314 g/mol. The molecule has 5 nitrogen and oxygen atoms in total. The van der Waals surface area contributed by atoms with E-state index in [1.807, 2.05) is 18.4 Å². The van der Waals surface area contributed by atoms with Crippen LogP contribution in [0.1, 0.15) is 15.6 Å². The summed E-state index contributed by atoms with van der Waals surface area (Å²) < 4.78 is 26.6. The third-order valence-electron chi connectivity index (χ3n) is 2.74. The molecule has 0 atom stereocenters. The Kier molecular flexibility index (Phi) is 4.92. The summed E-state index contributed by atoms with van der Waals surface area (Å²) in [4.78, 5) is 5.28. The largest absolute Gasteiger partial charge is 0.330 e. The summed E-state index contributed by atoms with van der Waals surface area (Å²) >= 11 is 2.80. The molecule has 0 aliphatic carbocycles. The highest BCUT2D eigenvalue weighted by Crippen LogP contribution is 2.25. The van der Waals surface area contributed by atoms with Gasteiger partial charge in [0.25, 0.3) is 10.0 Å². The van der Waals surface area contributed by atoms with Crippen LogP contribution in [-0.2, 0) is 23.0 Å². The van der Waals surface area contributed by atoms with Crippen LogP contribution in [0, 0.1) is 6.92 Å². The Labute approximate surface area is 127 Å². The van der Waals surface area contributed by atoms with Gasteiger partial charge in [-0.1, -0.05) is 0 Å². The van der Waals surface area contributed by atoms with Crippen molar-refractivity contribution in [1.29, 1.82) is 0 Å². The number of aromatic nitrogens is 1. The Balaban J connectivity index is 2.15. The van der Waals surface area contributed by atoms with Gasteiger partial charge in [-0.05, 0) is 32.0 Å². The third kappa shape index (κ3) is 3.44. The van der Waals surface area contributed by atoms with Crippen molar-refractivity contribution < 1.29 is 8.42 Å². The van der Waals surface area contributed by atoms with Crippen molar-refractivity contribution in [1.82, 2.24) is 9.29 Å². The second kappa shape index (κ2) is 6.31. The maximum atomic E-state index is 12.4. The van der Waals surface area contributed by atoms with Crippen LogP contribution in [0.15, 0.2) is 21.7 Å². The highest BCUT2D eigenvalue weighted by atomic mass is 32.2.